The van der Waals surface area contributed by atoms with E-state index in [-0.39, 0.29) is 23.6 Å². The smallest absolute Gasteiger partial charge is 0.410 e. The Morgan fingerprint density at radius 1 is 1.14 bits per heavy atom. The van der Waals surface area contributed by atoms with E-state index in [2.05, 4.69) is 0 Å². The summed E-state index contributed by atoms with van der Waals surface area (Å²) in [6.07, 6.45) is -0.0102. The van der Waals surface area contributed by atoms with Gasteiger partial charge in [0, 0.05) is 18.5 Å². The number of amides is 1. The monoisotopic (exact) mass is 401 g/mol. The van der Waals surface area contributed by atoms with Crippen molar-refractivity contribution >= 4 is 12.1 Å². The molecule has 1 atom stereocenters. The van der Waals surface area contributed by atoms with Crippen molar-refractivity contribution in [2.45, 2.75) is 38.9 Å². The van der Waals surface area contributed by atoms with Crippen LogP contribution in [0.1, 0.15) is 37.6 Å². The number of carbonyl (C=O) groups is 2. The summed E-state index contributed by atoms with van der Waals surface area (Å²) >= 11 is 0. The fourth-order valence-corrected chi connectivity index (χ4v) is 3.12. The summed E-state index contributed by atoms with van der Waals surface area (Å²) in [6, 6.07) is 10.3. The maximum absolute atomic E-state index is 13.3. The van der Waals surface area contributed by atoms with Crippen LogP contribution >= 0.6 is 0 Å². The number of carboxylic acid groups (broad SMARTS) is 1. The molecular weight excluding hydrogens is 377 g/mol. The summed E-state index contributed by atoms with van der Waals surface area (Å²) in [5.74, 6) is -0.955. The summed E-state index contributed by atoms with van der Waals surface area (Å²) in [5, 5.41) is 9.31. The van der Waals surface area contributed by atoms with Gasteiger partial charge < -0.3 is 19.5 Å². The van der Waals surface area contributed by atoms with Crippen molar-refractivity contribution in [2.24, 2.45) is 0 Å². The fraction of sp³-hybridized carbons (Fsp3) is 0.364. The van der Waals surface area contributed by atoms with E-state index >= 15 is 0 Å². The number of carboxylic acids is 1. The minimum absolute atomic E-state index is 0.110. The van der Waals surface area contributed by atoms with Gasteiger partial charge in [0.15, 0.2) is 0 Å². The lowest BCUT2D eigenvalue weighted by Crippen LogP contribution is -2.36. The molecule has 2 aromatic rings. The molecule has 1 amide bonds. The second-order valence-electron chi connectivity index (χ2n) is 7.98. The number of likely N-dealkylation sites (tertiary alicyclic amines) is 1. The molecule has 0 aromatic heterocycles. The molecule has 3 rings (SSSR count). The molecule has 0 radical (unpaired) electrons. The zero-order chi connectivity index (χ0) is 21.2. The van der Waals surface area contributed by atoms with Gasteiger partial charge in [-0.15, -0.1) is 0 Å². The van der Waals surface area contributed by atoms with Crippen LogP contribution in [0.5, 0.6) is 5.75 Å². The van der Waals surface area contributed by atoms with Gasteiger partial charge >= 0.3 is 12.1 Å². The number of ether oxygens (including phenoxy) is 2. The Bertz CT molecular complexity index is 904. The lowest BCUT2D eigenvalue weighted by Gasteiger charge is -2.24. The van der Waals surface area contributed by atoms with E-state index in [0.717, 1.165) is 0 Å². The highest BCUT2D eigenvalue weighted by Gasteiger charge is 2.31. The van der Waals surface area contributed by atoms with Gasteiger partial charge in [-0.1, -0.05) is 12.1 Å². The zero-order valence-corrected chi connectivity index (χ0v) is 16.6. The number of rotatable bonds is 4. The first-order valence-corrected chi connectivity index (χ1v) is 9.40. The third kappa shape index (κ3) is 5.25. The molecule has 1 unspecified atom stereocenters. The lowest BCUT2D eigenvalue weighted by molar-refractivity contribution is 0.0275. The molecule has 6 nitrogen and oxygen atoms in total. The van der Waals surface area contributed by atoms with Crippen LogP contribution in [0.25, 0.3) is 11.1 Å². The van der Waals surface area contributed by atoms with Gasteiger partial charge in [-0.3, -0.25) is 0 Å². The predicted molar refractivity (Wildman–Crippen MR) is 106 cm³/mol. The van der Waals surface area contributed by atoms with Crippen LogP contribution in [0.3, 0.4) is 0 Å². The zero-order valence-electron chi connectivity index (χ0n) is 16.6. The Morgan fingerprint density at radius 2 is 1.83 bits per heavy atom. The van der Waals surface area contributed by atoms with Crippen LogP contribution in [-0.4, -0.2) is 46.9 Å². The Balaban J connectivity index is 1.79. The SMILES string of the molecule is CC(C)(C)OC(=O)N1CCC(Oc2ccc(C(=O)O)cc2-c2ccc(F)cc2)C1. The van der Waals surface area contributed by atoms with Crippen LogP contribution in [0.15, 0.2) is 42.5 Å². The normalized spacial score (nSPS) is 16.6. The Labute approximate surface area is 168 Å². The first-order valence-electron chi connectivity index (χ1n) is 9.40. The Hall–Kier alpha value is -3.09. The number of nitrogens with zero attached hydrogens (tertiary/aromatic N) is 1. The summed E-state index contributed by atoms with van der Waals surface area (Å²) in [7, 11) is 0. The maximum Gasteiger partial charge on any atom is 0.410 e. The molecule has 1 saturated heterocycles. The number of hydrogen-bond donors (Lipinski definition) is 1. The molecule has 7 heteroatoms. The predicted octanol–water partition coefficient (Wildman–Crippen LogP) is 4.58. The van der Waals surface area contributed by atoms with E-state index in [9.17, 15) is 19.1 Å². The van der Waals surface area contributed by atoms with Gasteiger partial charge in [-0.05, 0) is 56.7 Å². The van der Waals surface area contributed by atoms with Gasteiger partial charge in [0.25, 0.3) is 0 Å². The standard InChI is InChI=1S/C22H24FNO5/c1-22(2,3)29-21(27)24-11-10-17(13-24)28-19-9-6-15(20(25)26)12-18(19)14-4-7-16(23)8-5-14/h4-9,12,17H,10-11,13H2,1-3H3,(H,25,26). The van der Waals surface area contributed by atoms with Crippen molar-refractivity contribution in [3.63, 3.8) is 0 Å². The molecule has 0 spiro atoms. The van der Waals surface area contributed by atoms with Crippen LogP contribution in [0.4, 0.5) is 9.18 Å². The summed E-state index contributed by atoms with van der Waals surface area (Å²) in [4.78, 5) is 25.2. The molecule has 1 N–H and O–H groups in total. The maximum atomic E-state index is 13.3. The Kier molecular flexibility index (Phi) is 5.77. The molecule has 29 heavy (non-hydrogen) atoms. The number of aromatic carboxylic acids is 1. The molecule has 1 fully saturated rings. The third-order valence-electron chi connectivity index (χ3n) is 4.47. The molecule has 0 aliphatic carbocycles. The molecule has 2 aromatic carbocycles. The fourth-order valence-electron chi connectivity index (χ4n) is 3.12. The average Bonchev–Trinajstić information content (AvgIpc) is 3.10. The van der Waals surface area contributed by atoms with Crippen LogP contribution < -0.4 is 4.74 Å². The number of benzene rings is 2. The summed E-state index contributed by atoms with van der Waals surface area (Å²) in [5.41, 5.74) is 0.740. The van der Waals surface area contributed by atoms with E-state index in [0.29, 0.717) is 36.4 Å². The minimum Gasteiger partial charge on any atom is -0.488 e. The third-order valence-corrected chi connectivity index (χ3v) is 4.47. The van der Waals surface area contributed by atoms with Gasteiger partial charge in [0.2, 0.25) is 0 Å². The van der Waals surface area contributed by atoms with E-state index in [1.54, 1.807) is 23.1 Å². The second kappa shape index (κ2) is 8.11. The highest BCUT2D eigenvalue weighted by molar-refractivity contribution is 5.90. The molecule has 0 saturated carbocycles. The van der Waals surface area contributed by atoms with Crippen molar-refractivity contribution in [3.8, 4) is 16.9 Å². The quantitative estimate of drug-likeness (QED) is 0.812. The summed E-state index contributed by atoms with van der Waals surface area (Å²) < 4.78 is 24.8. The number of halogens is 1. The molecular formula is C22H24FNO5. The lowest BCUT2D eigenvalue weighted by atomic mass is 10.0. The van der Waals surface area contributed by atoms with Gasteiger partial charge in [0.05, 0.1) is 12.1 Å². The highest BCUT2D eigenvalue weighted by atomic mass is 19.1. The molecule has 1 heterocycles. The van der Waals surface area contributed by atoms with Crippen LogP contribution in [0.2, 0.25) is 0 Å². The highest BCUT2D eigenvalue weighted by Crippen LogP contribution is 2.33. The van der Waals surface area contributed by atoms with Gasteiger partial charge in [-0.2, -0.15) is 0 Å². The minimum atomic E-state index is -1.06. The van der Waals surface area contributed by atoms with E-state index in [1.807, 2.05) is 20.8 Å². The number of hydrogen-bond acceptors (Lipinski definition) is 4. The number of carbonyl (C=O) groups excluding carboxylic acids is 1. The van der Waals surface area contributed by atoms with Gasteiger partial charge in [-0.25, -0.2) is 14.0 Å². The first kappa shape index (κ1) is 20.6. The van der Waals surface area contributed by atoms with E-state index < -0.39 is 11.6 Å². The van der Waals surface area contributed by atoms with Crippen molar-refractivity contribution in [2.75, 3.05) is 13.1 Å². The second-order valence-corrected chi connectivity index (χ2v) is 7.98. The largest absolute Gasteiger partial charge is 0.488 e. The van der Waals surface area contributed by atoms with E-state index in [4.69, 9.17) is 9.47 Å². The van der Waals surface area contributed by atoms with Gasteiger partial charge in [0.1, 0.15) is 23.3 Å². The van der Waals surface area contributed by atoms with Crippen molar-refractivity contribution in [1.29, 1.82) is 0 Å². The van der Waals surface area contributed by atoms with Crippen LogP contribution in [-0.2, 0) is 4.74 Å². The molecule has 1 aliphatic heterocycles. The van der Waals surface area contributed by atoms with Crippen molar-refractivity contribution < 1.29 is 28.6 Å². The van der Waals surface area contributed by atoms with Crippen molar-refractivity contribution in [3.05, 3.63) is 53.8 Å². The Morgan fingerprint density at radius 3 is 2.45 bits per heavy atom. The molecule has 154 valence electrons. The summed E-state index contributed by atoms with van der Waals surface area (Å²) in [6.45, 7) is 6.33. The molecule has 1 aliphatic rings. The topological polar surface area (TPSA) is 76.1 Å². The average molecular weight is 401 g/mol. The molecule has 0 bridgehead atoms. The van der Waals surface area contributed by atoms with Crippen molar-refractivity contribution in [1.82, 2.24) is 4.90 Å². The van der Waals surface area contributed by atoms with E-state index in [1.165, 1.54) is 24.3 Å². The van der Waals surface area contributed by atoms with Crippen LogP contribution in [0, 0.1) is 5.82 Å². The first-order chi connectivity index (χ1) is 13.6.